The lowest BCUT2D eigenvalue weighted by Crippen LogP contribution is -2.17. The van der Waals surface area contributed by atoms with E-state index in [0.717, 1.165) is 0 Å². The number of H-pyrrole nitrogens is 1. The van der Waals surface area contributed by atoms with E-state index in [9.17, 15) is 4.79 Å². The summed E-state index contributed by atoms with van der Waals surface area (Å²) in [6.45, 7) is 0. The SMILES string of the molecule is CN(C)c1ccc(C#N)c(=O)[nH]1. The van der Waals surface area contributed by atoms with Crippen molar-refractivity contribution < 1.29 is 0 Å². The van der Waals surface area contributed by atoms with Crippen molar-refractivity contribution in [2.75, 3.05) is 19.0 Å². The first-order chi connectivity index (χ1) is 5.65. The maximum Gasteiger partial charge on any atom is 0.267 e. The van der Waals surface area contributed by atoms with Crippen molar-refractivity contribution in [1.29, 1.82) is 5.26 Å². The van der Waals surface area contributed by atoms with Crippen molar-refractivity contribution in [3.8, 4) is 6.07 Å². The second-order valence-electron chi connectivity index (χ2n) is 2.59. The van der Waals surface area contributed by atoms with Crippen LogP contribution in [0.5, 0.6) is 0 Å². The second-order valence-corrected chi connectivity index (χ2v) is 2.59. The maximum absolute atomic E-state index is 11.1. The zero-order chi connectivity index (χ0) is 9.14. The first-order valence-corrected chi connectivity index (χ1v) is 3.46. The fourth-order valence-corrected chi connectivity index (χ4v) is 0.812. The zero-order valence-corrected chi connectivity index (χ0v) is 6.96. The molecule has 0 fully saturated rings. The molecule has 0 aliphatic heterocycles. The van der Waals surface area contributed by atoms with Crippen LogP contribution in [-0.2, 0) is 0 Å². The Labute approximate surface area is 70.1 Å². The predicted octanol–water partition coefficient (Wildman–Crippen LogP) is 0.313. The van der Waals surface area contributed by atoms with E-state index in [4.69, 9.17) is 5.26 Å². The summed E-state index contributed by atoms with van der Waals surface area (Å²) in [5.74, 6) is 0.694. The molecule has 0 amide bonds. The quantitative estimate of drug-likeness (QED) is 0.648. The first-order valence-electron chi connectivity index (χ1n) is 3.46. The van der Waals surface area contributed by atoms with Crippen LogP contribution >= 0.6 is 0 Å². The highest BCUT2D eigenvalue weighted by Gasteiger charge is 1.99. The highest BCUT2D eigenvalue weighted by atomic mass is 16.1. The van der Waals surface area contributed by atoms with E-state index in [1.54, 1.807) is 17.0 Å². The molecule has 0 bridgehead atoms. The van der Waals surface area contributed by atoms with Gasteiger partial charge in [0.2, 0.25) is 0 Å². The number of aromatic nitrogens is 1. The molecule has 1 rings (SSSR count). The minimum Gasteiger partial charge on any atom is -0.364 e. The Bertz CT molecular complexity index is 373. The Balaban J connectivity index is 3.22. The Hall–Kier alpha value is -1.76. The average Bonchev–Trinajstić information content (AvgIpc) is 2.04. The van der Waals surface area contributed by atoms with Crippen LogP contribution in [0.3, 0.4) is 0 Å². The van der Waals surface area contributed by atoms with Crippen LogP contribution < -0.4 is 10.5 Å². The fraction of sp³-hybridized carbons (Fsp3) is 0.250. The third kappa shape index (κ3) is 1.45. The van der Waals surface area contributed by atoms with Gasteiger partial charge in [0, 0.05) is 14.1 Å². The summed E-state index contributed by atoms with van der Waals surface area (Å²) < 4.78 is 0. The summed E-state index contributed by atoms with van der Waals surface area (Å²) in [5.41, 5.74) is -0.204. The van der Waals surface area contributed by atoms with E-state index in [1.807, 2.05) is 14.1 Å². The van der Waals surface area contributed by atoms with Gasteiger partial charge in [-0.2, -0.15) is 5.26 Å². The molecule has 0 spiro atoms. The molecule has 1 aromatic rings. The van der Waals surface area contributed by atoms with Gasteiger partial charge in [0.25, 0.3) is 5.56 Å². The van der Waals surface area contributed by atoms with Gasteiger partial charge in [-0.25, -0.2) is 0 Å². The van der Waals surface area contributed by atoms with Crippen LogP contribution in [-0.4, -0.2) is 19.1 Å². The van der Waals surface area contributed by atoms with E-state index in [-0.39, 0.29) is 11.1 Å². The molecule has 1 heterocycles. The molecule has 0 aliphatic rings. The average molecular weight is 163 g/mol. The summed E-state index contributed by atoms with van der Waals surface area (Å²) >= 11 is 0. The molecule has 1 aromatic heterocycles. The molecule has 0 aromatic carbocycles. The summed E-state index contributed by atoms with van der Waals surface area (Å²) in [7, 11) is 3.63. The van der Waals surface area contributed by atoms with E-state index < -0.39 is 0 Å². The highest BCUT2D eigenvalue weighted by Crippen LogP contribution is 2.02. The Morgan fingerprint density at radius 1 is 1.50 bits per heavy atom. The van der Waals surface area contributed by atoms with Crippen LogP contribution in [0.15, 0.2) is 16.9 Å². The lowest BCUT2D eigenvalue weighted by atomic mass is 10.3. The highest BCUT2D eigenvalue weighted by molar-refractivity contribution is 5.40. The number of rotatable bonds is 1. The first kappa shape index (κ1) is 8.34. The van der Waals surface area contributed by atoms with Crippen molar-refractivity contribution in [2.45, 2.75) is 0 Å². The maximum atomic E-state index is 11.1. The van der Waals surface area contributed by atoms with E-state index in [2.05, 4.69) is 4.98 Å². The second kappa shape index (κ2) is 3.09. The Morgan fingerprint density at radius 3 is 2.58 bits per heavy atom. The van der Waals surface area contributed by atoms with Crippen molar-refractivity contribution in [3.05, 3.63) is 28.0 Å². The summed E-state index contributed by atoms with van der Waals surface area (Å²) in [6.07, 6.45) is 0. The van der Waals surface area contributed by atoms with Crippen molar-refractivity contribution in [2.24, 2.45) is 0 Å². The molecule has 62 valence electrons. The molecule has 0 aliphatic carbocycles. The minimum atomic E-state index is -0.344. The molecular weight excluding hydrogens is 154 g/mol. The minimum absolute atomic E-state index is 0.139. The van der Waals surface area contributed by atoms with Crippen LogP contribution in [0, 0.1) is 11.3 Å². The Morgan fingerprint density at radius 2 is 2.17 bits per heavy atom. The van der Waals surface area contributed by atoms with Crippen molar-refractivity contribution >= 4 is 5.82 Å². The summed E-state index contributed by atoms with van der Waals surface area (Å²) in [6, 6.07) is 5.00. The van der Waals surface area contributed by atoms with Gasteiger partial charge >= 0.3 is 0 Å². The molecule has 4 nitrogen and oxygen atoms in total. The molecule has 1 N–H and O–H groups in total. The standard InChI is InChI=1S/C8H9N3O/c1-11(2)7-4-3-6(5-9)8(12)10-7/h3-4H,1-2H3,(H,10,12). The molecule has 0 radical (unpaired) electrons. The van der Waals surface area contributed by atoms with Gasteiger partial charge in [0.15, 0.2) is 0 Å². The number of nitrogens with one attached hydrogen (secondary N) is 1. The fourth-order valence-electron chi connectivity index (χ4n) is 0.812. The predicted molar refractivity (Wildman–Crippen MR) is 46.1 cm³/mol. The normalized spacial score (nSPS) is 9.08. The van der Waals surface area contributed by atoms with Gasteiger partial charge in [0.05, 0.1) is 0 Å². The van der Waals surface area contributed by atoms with Gasteiger partial charge in [0.1, 0.15) is 17.5 Å². The number of anilines is 1. The lowest BCUT2D eigenvalue weighted by molar-refractivity contribution is 1.05. The van der Waals surface area contributed by atoms with Crippen LogP contribution in [0.1, 0.15) is 5.56 Å². The number of hydrogen-bond donors (Lipinski definition) is 1. The molecule has 12 heavy (non-hydrogen) atoms. The van der Waals surface area contributed by atoms with E-state index in [0.29, 0.717) is 5.82 Å². The van der Waals surface area contributed by atoms with Crippen molar-refractivity contribution in [1.82, 2.24) is 4.98 Å². The Kier molecular flexibility index (Phi) is 2.15. The topological polar surface area (TPSA) is 59.9 Å². The molecular formula is C8H9N3O. The van der Waals surface area contributed by atoms with Gasteiger partial charge in [-0.05, 0) is 12.1 Å². The van der Waals surface area contributed by atoms with E-state index in [1.165, 1.54) is 6.07 Å². The molecule has 0 unspecified atom stereocenters. The number of hydrogen-bond acceptors (Lipinski definition) is 3. The number of aromatic amines is 1. The third-order valence-corrected chi connectivity index (χ3v) is 1.50. The molecule has 0 saturated heterocycles. The van der Waals surface area contributed by atoms with Crippen molar-refractivity contribution in [3.63, 3.8) is 0 Å². The number of pyridine rings is 1. The largest absolute Gasteiger partial charge is 0.364 e. The van der Waals surface area contributed by atoms with Gasteiger partial charge in [-0.3, -0.25) is 4.79 Å². The molecule has 0 atom stereocenters. The van der Waals surface area contributed by atoms with E-state index >= 15 is 0 Å². The third-order valence-electron chi connectivity index (χ3n) is 1.50. The van der Waals surface area contributed by atoms with Crippen LogP contribution in [0.25, 0.3) is 0 Å². The number of nitrogens with zero attached hydrogens (tertiary/aromatic N) is 2. The zero-order valence-electron chi connectivity index (χ0n) is 6.96. The molecule has 0 saturated carbocycles. The van der Waals surface area contributed by atoms with Crippen LogP contribution in [0.4, 0.5) is 5.82 Å². The summed E-state index contributed by atoms with van der Waals surface area (Å²) in [5, 5.41) is 8.46. The lowest BCUT2D eigenvalue weighted by Gasteiger charge is -2.10. The number of nitriles is 1. The molecule has 4 heteroatoms. The van der Waals surface area contributed by atoms with Gasteiger partial charge < -0.3 is 9.88 Å². The smallest absolute Gasteiger partial charge is 0.267 e. The van der Waals surface area contributed by atoms with Gasteiger partial charge in [-0.1, -0.05) is 0 Å². The van der Waals surface area contributed by atoms with Gasteiger partial charge in [-0.15, -0.1) is 0 Å². The monoisotopic (exact) mass is 163 g/mol. The van der Waals surface area contributed by atoms with Crippen LogP contribution in [0.2, 0.25) is 0 Å². The summed E-state index contributed by atoms with van der Waals surface area (Å²) in [4.78, 5) is 15.4.